The average Bonchev–Trinajstić information content (AvgIpc) is 3.34. The quantitative estimate of drug-likeness (QED) is 0.390. The third-order valence-electron chi connectivity index (χ3n) is 4.66. The van der Waals surface area contributed by atoms with E-state index < -0.39 is 11.8 Å². The Balaban J connectivity index is 1.50. The molecule has 30 heavy (non-hydrogen) atoms. The summed E-state index contributed by atoms with van der Waals surface area (Å²) in [4.78, 5) is 41.2. The number of H-pyrrole nitrogens is 2. The number of hydrogen-bond donors (Lipinski definition) is 4. The molecule has 0 aliphatic carbocycles. The van der Waals surface area contributed by atoms with Gasteiger partial charge in [0, 0.05) is 41.7 Å². The number of fused-ring (bicyclic) bond motifs is 1. The largest absolute Gasteiger partial charge is 0.439 e. The molecule has 2 amide bonds. The first-order valence-corrected chi connectivity index (χ1v) is 9.29. The molecule has 1 atom stereocenters. The van der Waals surface area contributed by atoms with E-state index in [0.29, 0.717) is 23.5 Å². The third kappa shape index (κ3) is 4.14. The first-order valence-electron chi connectivity index (χ1n) is 9.29. The van der Waals surface area contributed by atoms with Crippen LogP contribution in [0.5, 0.6) is 0 Å². The Labute approximate surface area is 170 Å². The highest BCUT2D eigenvalue weighted by atomic mass is 16.5. The van der Waals surface area contributed by atoms with E-state index in [2.05, 4.69) is 30.3 Å². The van der Waals surface area contributed by atoms with Gasteiger partial charge in [0.15, 0.2) is 5.82 Å². The van der Waals surface area contributed by atoms with Crippen molar-refractivity contribution in [1.82, 2.24) is 20.4 Å². The smallest absolute Gasteiger partial charge is 0.361 e. The summed E-state index contributed by atoms with van der Waals surface area (Å²) in [6.45, 7) is 1.38. The van der Waals surface area contributed by atoms with Crippen molar-refractivity contribution < 1.29 is 14.1 Å². The van der Waals surface area contributed by atoms with E-state index in [1.54, 1.807) is 24.3 Å². The number of nitrogens with one attached hydrogen (secondary N) is 4. The van der Waals surface area contributed by atoms with Crippen molar-refractivity contribution in [2.24, 2.45) is 0 Å². The summed E-state index contributed by atoms with van der Waals surface area (Å²) < 4.78 is 4.49. The molecule has 0 saturated carbocycles. The molecule has 0 radical (unpaired) electrons. The molecule has 4 N–H and O–H groups in total. The second-order valence-corrected chi connectivity index (χ2v) is 6.83. The minimum absolute atomic E-state index is 0.291. The summed E-state index contributed by atoms with van der Waals surface area (Å²) in [5.74, 6) is -0.968. The summed E-state index contributed by atoms with van der Waals surface area (Å²) in [5, 5.41) is 10.2. The molecule has 0 fully saturated rings. The van der Waals surface area contributed by atoms with Crippen LogP contribution in [-0.4, -0.2) is 33.0 Å². The molecule has 9 nitrogen and oxygen atoms in total. The fraction of sp³-hybridized carbons (Fsp3) is 0.143. The van der Waals surface area contributed by atoms with Crippen molar-refractivity contribution in [1.29, 1.82) is 0 Å². The van der Waals surface area contributed by atoms with Crippen LogP contribution in [0.3, 0.4) is 0 Å². The van der Waals surface area contributed by atoms with Gasteiger partial charge in [0.25, 0.3) is 0 Å². The number of carbonyl (C=O) groups is 2. The summed E-state index contributed by atoms with van der Waals surface area (Å²) in [6.07, 6.45) is 2.19. The van der Waals surface area contributed by atoms with Crippen LogP contribution >= 0.6 is 0 Å². The molecule has 0 aliphatic rings. The first-order chi connectivity index (χ1) is 14.5. The van der Waals surface area contributed by atoms with Crippen LogP contribution in [0.1, 0.15) is 12.5 Å². The predicted molar refractivity (Wildman–Crippen MR) is 111 cm³/mol. The molecule has 4 aromatic rings. The summed E-state index contributed by atoms with van der Waals surface area (Å²) in [6, 6.07) is 13.8. The maximum atomic E-state index is 12.9. The number of para-hydroxylation sites is 1. The molecular weight excluding hydrogens is 386 g/mol. The van der Waals surface area contributed by atoms with Crippen LogP contribution < -0.4 is 16.4 Å². The normalized spacial score (nSPS) is 11.9. The number of aromatic nitrogens is 3. The van der Waals surface area contributed by atoms with Crippen LogP contribution in [0.4, 0.5) is 5.69 Å². The maximum absolute atomic E-state index is 12.9. The first kappa shape index (κ1) is 19.2. The molecule has 0 bridgehead atoms. The number of benzene rings is 2. The molecule has 2 aromatic carbocycles. The SMILES string of the molecule is CC(=O)NC(Cc1c[nH]c2ccccc12)C(=O)Nc1ccc(-c2noc(=O)[nH]2)cc1. The highest BCUT2D eigenvalue weighted by molar-refractivity contribution is 5.97. The van der Waals surface area contributed by atoms with Gasteiger partial charge in [0.05, 0.1) is 0 Å². The average molecular weight is 405 g/mol. The highest BCUT2D eigenvalue weighted by Gasteiger charge is 2.21. The molecule has 2 heterocycles. The van der Waals surface area contributed by atoms with E-state index in [1.807, 2.05) is 30.5 Å². The Bertz CT molecular complexity index is 1250. The molecule has 0 spiro atoms. The maximum Gasteiger partial charge on any atom is 0.439 e. The predicted octanol–water partition coefficient (Wildman–Crippen LogP) is 2.20. The van der Waals surface area contributed by atoms with Gasteiger partial charge in [-0.3, -0.25) is 19.1 Å². The zero-order chi connectivity index (χ0) is 21.1. The molecule has 0 saturated heterocycles. The van der Waals surface area contributed by atoms with Gasteiger partial charge in [-0.05, 0) is 35.9 Å². The van der Waals surface area contributed by atoms with Crippen molar-refractivity contribution in [2.75, 3.05) is 5.32 Å². The second kappa shape index (κ2) is 8.08. The topological polar surface area (TPSA) is 133 Å². The van der Waals surface area contributed by atoms with Crippen LogP contribution in [0.25, 0.3) is 22.3 Å². The van der Waals surface area contributed by atoms with Crippen molar-refractivity contribution in [3.8, 4) is 11.4 Å². The van der Waals surface area contributed by atoms with E-state index in [9.17, 15) is 14.4 Å². The Morgan fingerprint density at radius 1 is 1.13 bits per heavy atom. The van der Waals surface area contributed by atoms with Crippen LogP contribution in [0.15, 0.2) is 64.0 Å². The lowest BCUT2D eigenvalue weighted by atomic mass is 10.0. The minimum atomic E-state index is -0.742. The van der Waals surface area contributed by atoms with Gasteiger partial charge in [-0.25, -0.2) is 4.79 Å². The van der Waals surface area contributed by atoms with Gasteiger partial charge in [-0.2, -0.15) is 0 Å². The van der Waals surface area contributed by atoms with E-state index >= 15 is 0 Å². The molecule has 2 aromatic heterocycles. The zero-order valence-corrected chi connectivity index (χ0v) is 16.1. The van der Waals surface area contributed by atoms with Crippen molar-refractivity contribution in [3.05, 3.63) is 70.8 Å². The van der Waals surface area contributed by atoms with Gasteiger partial charge in [-0.1, -0.05) is 23.4 Å². The minimum Gasteiger partial charge on any atom is -0.361 e. The molecule has 4 rings (SSSR count). The Hall–Kier alpha value is -4.14. The molecule has 1 unspecified atom stereocenters. The standard InChI is InChI=1S/C21H19N5O4/c1-12(27)23-18(10-14-11-22-17-5-3-2-4-16(14)17)20(28)24-15-8-6-13(7-9-15)19-25-21(29)30-26-19/h2-9,11,18,22H,10H2,1H3,(H,23,27)(H,24,28)(H,25,26,29). The number of amides is 2. The Kier molecular flexibility index (Phi) is 5.17. The van der Waals surface area contributed by atoms with Gasteiger partial charge >= 0.3 is 5.76 Å². The van der Waals surface area contributed by atoms with Gasteiger partial charge in [0.2, 0.25) is 11.8 Å². The van der Waals surface area contributed by atoms with Crippen molar-refractivity contribution in [3.63, 3.8) is 0 Å². The van der Waals surface area contributed by atoms with Crippen molar-refractivity contribution in [2.45, 2.75) is 19.4 Å². The van der Waals surface area contributed by atoms with Crippen molar-refractivity contribution >= 4 is 28.4 Å². The third-order valence-corrected chi connectivity index (χ3v) is 4.66. The Morgan fingerprint density at radius 3 is 2.60 bits per heavy atom. The second-order valence-electron chi connectivity index (χ2n) is 6.83. The lowest BCUT2D eigenvalue weighted by molar-refractivity contribution is -0.125. The zero-order valence-electron chi connectivity index (χ0n) is 16.1. The van der Waals surface area contributed by atoms with E-state index in [-0.39, 0.29) is 11.8 Å². The molecule has 9 heteroatoms. The summed E-state index contributed by atoms with van der Waals surface area (Å²) >= 11 is 0. The Morgan fingerprint density at radius 2 is 1.90 bits per heavy atom. The van der Waals surface area contributed by atoms with Gasteiger partial charge in [-0.15, -0.1) is 0 Å². The number of carbonyl (C=O) groups excluding carboxylic acids is 2. The number of anilines is 1. The fourth-order valence-electron chi connectivity index (χ4n) is 3.27. The molecule has 152 valence electrons. The van der Waals surface area contributed by atoms with Crippen LogP contribution in [-0.2, 0) is 16.0 Å². The van der Waals surface area contributed by atoms with E-state index in [4.69, 9.17) is 0 Å². The van der Waals surface area contributed by atoms with Crippen LogP contribution in [0.2, 0.25) is 0 Å². The van der Waals surface area contributed by atoms with E-state index in [1.165, 1.54) is 6.92 Å². The van der Waals surface area contributed by atoms with Gasteiger partial charge < -0.3 is 15.6 Å². The van der Waals surface area contributed by atoms with Gasteiger partial charge in [0.1, 0.15) is 6.04 Å². The summed E-state index contributed by atoms with van der Waals surface area (Å²) in [7, 11) is 0. The molecule has 0 aliphatic heterocycles. The number of rotatable bonds is 6. The van der Waals surface area contributed by atoms with E-state index in [0.717, 1.165) is 16.5 Å². The monoisotopic (exact) mass is 405 g/mol. The number of hydrogen-bond acceptors (Lipinski definition) is 5. The lowest BCUT2D eigenvalue weighted by Gasteiger charge is -2.17. The molecular formula is C21H19N5O4. The number of aromatic amines is 2. The van der Waals surface area contributed by atoms with Crippen LogP contribution in [0, 0.1) is 0 Å². The summed E-state index contributed by atoms with van der Waals surface area (Å²) in [5.41, 5.74) is 3.08. The fourth-order valence-corrected chi connectivity index (χ4v) is 3.27. The number of nitrogens with zero attached hydrogens (tertiary/aromatic N) is 1. The lowest BCUT2D eigenvalue weighted by Crippen LogP contribution is -2.44. The highest BCUT2D eigenvalue weighted by Crippen LogP contribution is 2.20.